The molecule has 0 fully saturated rings. The molecule has 0 spiro atoms. The van der Waals surface area contributed by atoms with Crippen LogP contribution in [-0.2, 0) is 0 Å². The Balaban J connectivity index is 0.970. The van der Waals surface area contributed by atoms with E-state index >= 15 is 0 Å². The smallest absolute Gasteiger partial charge is 0.227 e. The molecule has 0 atom stereocenters. The minimum atomic E-state index is 0.483. The van der Waals surface area contributed by atoms with Crippen molar-refractivity contribution in [1.29, 1.82) is 0 Å². The van der Waals surface area contributed by atoms with E-state index in [1.165, 1.54) is 0 Å². The minimum absolute atomic E-state index is 0.483. The van der Waals surface area contributed by atoms with Crippen LogP contribution in [-0.4, -0.2) is 39.9 Å². The molecule has 58 heavy (non-hydrogen) atoms. The molecule has 270 valence electrons. The van der Waals surface area contributed by atoms with Crippen molar-refractivity contribution >= 4 is 65.9 Å². The zero-order chi connectivity index (χ0) is 38.2. The van der Waals surface area contributed by atoms with Gasteiger partial charge in [-0.25, -0.2) is 19.9 Å². The second-order valence-electron chi connectivity index (χ2n) is 14.0. The summed E-state index contributed by atoms with van der Waals surface area (Å²) in [6, 6.07) is 44.4. The first-order valence-electron chi connectivity index (χ1n) is 18.7. The van der Waals surface area contributed by atoms with E-state index in [1.807, 2.05) is 84.9 Å². The Labute approximate surface area is 328 Å². The van der Waals surface area contributed by atoms with Crippen molar-refractivity contribution in [2.45, 2.75) is 0 Å². The van der Waals surface area contributed by atoms with Crippen molar-refractivity contribution < 1.29 is 8.83 Å². The lowest BCUT2D eigenvalue weighted by molar-refractivity contribution is 0.620. The van der Waals surface area contributed by atoms with E-state index in [9.17, 15) is 0 Å². The molecule has 0 saturated carbocycles. The minimum Gasteiger partial charge on any atom is -0.456 e. The average molecular weight is 747 g/mol. The molecule has 0 radical (unpaired) electrons. The molecule has 0 unspecified atom stereocenters. The molecule has 6 aromatic heterocycles. The van der Waals surface area contributed by atoms with E-state index in [0.717, 1.165) is 82.6 Å². The van der Waals surface area contributed by atoms with Crippen LogP contribution in [0.25, 0.3) is 123 Å². The molecule has 6 heterocycles. The van der Waals surface area contributed by atoms with E-state index in [4.69, 9.17) is 28.8 Å². The number of pyridine rings is 2. The summed E-state index contributed by atoms with van der Waals surface area (Å²) >= 11 is 0. The number of hydrogen-bond donors (Lipinski definition) is 0. The largest absolute Gasteiger partial charge is 0.456 e. The fraction of sp³-hybridized carbons (Fsp3) is 0. The van der Waals surface area contributed by atoms with E-state index in [0.29, 0.717) is 40.0 Å². The highest BCUT2D eigenvalue weighted by Gasteiger charge is 2.20. The van der Waals surface area contributed by atoms with Crippen molar-refractivity contribution in [3.8, 4) is 56.7 Å². The number of para-hydroxylation sites is 2. The predicted octanol–water partition coefficient (Wildman–Crippen LogP) is 11.3. The number of rotatable bonds is 5. The van der Waals surface area contributed by atoms with E-state index in [-0.39, 0.29) is 0 Å². The molecule has 12 aromatic rings. The second kappa shape index (κ2) is 12.7. The Hall–Kier alpha value is -8.24. The van der Waals surface area contributed by atoms with Gasteiger partial charge in [-0.15, -0.1) is 0 Å². The summed E-state index contributed by atoms with van der Waals surface area (Å²) in [5.41, 5.74) is 11.4. The highest BCUT2D eigenvalue weighted by Crippen LogP contribution is 2.38. The number of fused-ring (bicyclic) bond motifs is 7. The fourth-order valence-electron chi connectivity index (χ4n) is 7.88. The molecule has 0 amide bonds. The lowest BCUT2D eigenvalue weighted by atomic mass is 9.94. The van der Waals surface area contributed by atoms with E-state index in [2.05, 4.69) is 68.5 Å². The molecule has 6 aromatic carbocycles. The summed E-state index contributed by atoms with van der Waals surface area (Å²) in [5.74, 6) is 2.04. The van der Waals surface area contributed by atoms with Crippen molar-refractivity contribution in [2.24, 2.45) is 0 Å². The van der Waals surface area contributed by atoms with Crippen LogP contribution in [0.1, 0.15) is 0 Å². The first kappa shape index (κ1) is 32.0. The summed E-state index contributed by atoms with van der Waals surface area (Å²) in [6.07, 6.45) is 6.87. The van der Waals surface area contributed by atoms with E-state index < -0.39 is 0 Å². The van der Waals surface area contributed by atoms with Gasteiger partial charge in [-0.2, -0.15) is 0 Å². The molecule has 0 aliphatic heterocycles. The molecule has 0 N–H and O–H groups in total. The third kappa shape index (κ3) is 5.12. The first-order chi connectivity index (χ1) is 28.7. The van der Waals surface area contributed by atoms with E-state index in [1.54, 1.807) is 24.8 Å². The van der Waals surface area contributed by atoms with Crippen molar-refractivity contribution in [1.82, 2.24) is 39.9 Å². The molecule has 12 rings (SSSR count). The second-order valence-corrected chi connectivity index (χ2v) is 14.0. The summed E-state index contributed by atoms with van der Waals surface area (Å²) in [4.78, 5) is 38.5. The molecule has 10 heteroatoms. The van der Waals surface area contributed by atoms with Crippen LogP contribution >= 0.6 is 0 Å². The number of furan rings is 1. The van der Waals surface area contributed by atoms with Gasteiger partial charge in [0.25, 0.3) is 0 Å². The summed E-state index contributed by atoms with van der Waals surface area (Å²) in [7, 11) is 0. The van der Waals surface area contributed by atoms with Gasteiger partial charge in [-0.05, 0) is 82.6 Å². The van der Waals surface area contributed by atoms with Gasteiger partial charge in [0.05, 0.1) is 22.1 Å². The Morgan fingerprint density at radius 3 is 1.79 bits per heavy atom. The van der Waals surface area contributed by atoms with Crippen LogP contribution < -0.4 is 0 Å². The van der Waals surface area contributed by atoms with Crippen molar-refractivity contribution in [2.75, 3.05) is 0 Å². The molecular formula is C48H26N8O2. The first-order valence-corrected chi connectivity index (χ1v) is 18.7. The molecule has 0 saturated heterocycles. The van der Waals surface area contributed by atoms with Crippen LogP contribution in [0.15, 0.2) is 167 Å². The van der Waals surface area contributed by atoms with Gasteiger partial charge in [0.15, 0.2) is 23.1 Å². The third-order valence-corrected chi connectivity index (χ3v) is 10.6. The van der Waals surface area contributed by atoms with Crippen LogP contribution in [0.5, 0.6) is 0 Å². The van der Waals surface area contributed by atoms with Gasteiger partial charge in [-0.3, -0.25) is 19.9 Å². The van der Waals surface area contributed by atoms with Gasteiger partial charge in [0.2, 0.25) is 5.89 Å². The third-order valence-electron chi connectivity index (χ3n) is 10.6. The maximum absolute atomic E-state index is 6.30. The maximum atomic E-state index is 6.30. The SMILES string of the molecule is c1cc(-c2nc(-c3ccc(-c4ccc(-c5nc6cc7oc8ccccc8c7cc6o5)cc4)c4ccccc34)nc(-c3ccnc4cccnc34)n2)c2nccnc2c1. The number of oxazole rings is 1. The van der Waals surface area contributed by atoms with Gasteiger partial charge >= 0.3 is 0 Å². The average Bonchev–Trinajstić information content (AvgIpc) is 3.88. The summed E-state index contributed by atoms with van der Waals surface area (Å²) in [6.45, 7) is 0. The lowest BCUT2D eigenvalue weighted by Crippen LogP contribution is -2.02. The molecular weight excluding hydrogens is 721 g/mol. The Bertz CT molecular complexity index is 3490. The molecule has 0 aliphatic rings. The van der Waals surface area contributed by atoms with Crippen LogP contribution in [0.3, 0.4) is 0 Å². The number of hydrogen-bond acceptors (Lipinski definition) is 10. The number of benzene rings is 6. The van der Waals surface area contributed by atoms with Gasteiger partial charge in [0, 0.05) is 63.9 Å². The van der Waals surface area contributed by atoms with Crippen LogP contribution in [0, 0.1) is 0 Å². The zero-order valence-electron chi connectivity index (χ0n) is 30.4. The molecule has 0 bridgehead atoms. The monoisotopic (exact) mass is 746 g/mol. The topological polar surface area (TPSA) is 129 Å². The standard InChI is InChI=1S/C48H26N8O2/c1-2-8-31-30(7-1)29(27-14-16-28(17-15-27)48-53-39-26-41-36(25-42(39)58-48)32-9-3-4-13-40(32)57-41)18-19-33(31)45-54-46(34-10-5-11-37-43(34)52-24-23-50-37)56-47(55-45)35-20-22-49-38-12-6-21-51-44(35)38/h1-26H. The Kier molecular flexibility index (Phi) is 6.99. The highest BCUT2D eigenvalue weighted by atomic mass is 16.4. The number of nitrogens with zero attached hydrogens (tertiary/aromatic N) is 8. The van der Waals surface area contributed by atoms with Crippen LogP contribution in [0.4, 0.5) is 0 Å². The fourth-order valence-corrected chi connectivity index (χ4v) is 7.88. The predicted molar refractivity (Wildman–Crippen MR) is 226 cm³/mol. The Morgan fingerprint density at radius 2 is 0.966 bits per heavy atom. The highest BCUT2D eigenvalue weighted by molar-refractivity contribution is 6.09. The normalized spacial score (nSPS) is 11.8. The summed E-state index contributed by atoms with van der Waals surface area (Å²) < 4.78 is 12.4. The molecule has 0 aliphatic carbocycles. The van der Waals surface area contributed by atoms with Crippen molar-refractivity contribution in [3.05, 3.63) is 158 Å². The maximum Gasteiger partial charge on any atom is 0.227 e. The Morgan fingerprint density at radius 1 is 0.328 bits per heavy atom. The number of aromatic nitrogens is 8. The lowest BCUT2D eigenvalue weighted by Gasteiger charge is -2.14. The quantitative estimate of drug-likeness (QED) is 0.168. The van der Waals surface area contributed by atoms with Crippen LogP contribution in [0.2, 0.25) is 0 Å². The molecule has 10 nitrogen and oxygen atoms in total. The van der Waals surface area contributed by atoms with Crippen molar-refractivity contribution in [3.63, 3.8) is 0 Å². The van der Waals surface area contributed by atoms with Gasteiger partial charge < -0.3 is 8.83 Å². The van der Waals surface area contributed by atoms with Gasteiger partial charge in [-0.1, -0.05) is 66.7 Å². The summed E-state index contributed by atoms with van der Waals surface area (Å²) in [5, 5.41) is 4.11. The zero-order valence-corrected chi connectivity index (χ0v) is 30.4. The van der Waals surface area contributed by atoms with Gasteiger partial charge in [0.1, 0.15) is 16.7 Å².